The first-order valence-corrected chi connectivity index (χ1v) is 6.00. The van der Waals surface area contributed by atoms with E-state index in [2.05, 4.69) is 0 Å². The lowest BCUT2D eigenvalue weighted by Gasteiger charge is -2.51. The summed E-state index contributed by atoms with van der Waals surface area (Å²) < 4.78 is 17.1. The summed E-state index contributed by atoms with van der Waals surface area (Å²) in [7, 11) is 0. The largest absolute Gasteiger partial charge is 0.353 e. The summed E-state index contributed by atoms with van der Waals surface area (Å²) in [5.74, 6) is 0.172. The van der Waals surface area contributed by atoms with E-state index in [0.717, 1.165) is 12.8 Å². The van der Waals surface area contributed by atoms with Gasteiger partial charge in [-0.15, -0.1) is 0 Å². The van der Waals surface area contributed by atoms with Crippen LogP contribution in [0.4, 0.5) is 0 Å². The molecule has 0 aromatic heterocycles. The summed E-state index contributed by atoms with van der Waals surface area (Å²) >= 11 is 0. The van der Waals surface area contributed by atoms with E-state index in [4.69, 9.17) is 14.2 Å². The molecular weight excluding hydrogens is 210 g/mol. The fourth-order valence-electron chi connectivity index (χ4n) is 2.62. The number of hydrogen-bond acceptors (Lipinski definition) is 4. The second kappa shape index (κ2) is 3.98. The highest BCUT2D eigenvalue weighted by molar-refractivity contribution is 5.82. The highest BCUT2D eigenvalue weighted by Crippen LogP contribution is 2.34. The first-order valence-electron chi connectivity index (χ1n) is 6.00. The highest BCUT2D eigenvalue weighted by Gasteiger charge is 2.48. The topological polar surface area (TPSA) is 48.0 Å². The molecule has 5 heteroatoms. The number of ether oxygens (including phenoxy) is 3. The van der Waals surface area contributed by atoms with Gasteiger partial charge in [0.1, 0.15) is 12.3 Å². The quantitative estimate of drug-likeness (QED) is 0.644. The van der Waals surface area contributed by atoms with Gasteiger partial charge in [0.25, 0.3) is 0 Å². The Morgan fingerprint density at radius 3 is 3.00 bits per heavy atom. The van der Waals surface area contributed by atoms with Crippen LogP contribution in [0.3, 0.4) is 0 Å². The zero-order valence-corrected chi connectivity index (χ0v) is 9.43. The lowest BCUT2D eigenvalue weighted by atomic mass is 9.98. The number of fused-ring (bicyclic) bond motifs is 2. The minimum absolute atomic E-state index is 0.00852. The Hall–Kier alpha value is -0.650. The molecule has 0 spiro atoms. The van der Waals surface area contributed by atoms with Gasteiger partial charge in [-0.25, -0.2) is 0 Å². The van der Waals surface area contributed by atoms with Gasteiger partial charge in [0.15, 0.2) is 6.29 Å². The van der Waals surface area contributed by atoms with Gasteiger partial charge in [0.2, 0.25) is 5.91 Å². The van der Waals surface area contributed by atoms with Crippen molar-refractivity contribution >= 4 is 5.91 Å². The Morgan fingerprint density at radius 2 is 2.25 bits per heavy atom. The van der Waals surface area contributed by atoms with Crippen molar-refractivity contribution in [3.63, 3.8) is 0 Å². The molecule has 16 heavy (non-hydrogen) atoms. The van der Waals surface area contributed by atoms with Crippen LogP contribution in [0, 0.1) is 0 Å². The van der Waals surface area contributed by atoms with Crippen LogP contribution in [0.5, 0.6) is 0 Å². The van der Waals surface area contributed by atoms with Crippen LogP contribution >= 0.6 is 0 Å². The summed E-state index contributed by atoms with van der Waals surface area (Å²) in [6.07, 6.45) is 2.42. The molecule has 3 aliphatic rings. The highest BCUT2D eigenvalue weighted by atomic mass is 16.7. The van der Waals surface area contributed by atoms with Gasteiger partial charge in [0.05, 0.1) is 19.1 Å². The van der Waals surface area contributed by atoms with Crippen LogP contribution in [-0.4, -0.2) is 48.7 Å². The predicted molar refractivity (Wildman–Crippen MR) is 54.5 cm³/mol. The molecule has 0 aliphatic carbocycles. The zero-order chi connectivity index (χ0) is 11.1. The maximum Gasteiger partial charge on any atom is 0.229 e. The Labute approximate surface area is 94.6 Å². The standard InChI is InChI=1S/C11H17NO4/c1-2-14-11-4-3-7-8(16-11)6-12-9(13)5-10(12)15-7/h7-8,10-11H,2-6H2,1H3/t7-,8+,10+,11+/m0/s1. The summed E-state index contributed by atoms with van der Waals surface area (Å²) in [5.41, 5.74) is 0. The predicted octanol–water partition coefficient (Wildman–Crippen LogP) is 0.485. The van der Waals surface area contributed by atoms with E-state index in [9.17, 15) is 4.79 Å². The monoisotopic (exact) mass is 227 g/mol. The number of nitrogens with zero attached hydrogens (tertiary/aromatic N) is 1. The number of hydrogen-bond donors (Lipinski definition) is 0. The van der Waals surface area contributed by atoms with E-state index < -0.39 is 0 Å². The number of carbonyl (C=O) groups excluding carboxylic acids is 1. The summed E-state index contributed by atoms with van der Waals surface area (Å²) in [6.45, 7) is 3.29. The molecule has 3 rings (SSSR count). The third-order valence-electron chi connectivity index (χ3n) is 3.51. The Balaban J connectivity index is 1.62. The molecule has 3 saturated heterocycles. The van der Waals surface area contributed by atoms with Gasteiger partial charge in [0, 0.05) is 13.0 Å². The van der Waals surface area contributed by atoms with Gasteiger partial charge >= 0.3 is 0 Å². The lowest BCUT2D eigenvalue weighted by molar-refractivity contribution is -0.287. The van der Waals surface area contributed by atoms with Gasteiger partial charge in [-0.1, -0.05) is 0 Å². The molecule has 3 fully saturated rings. The number of carbonyl (C=O) groups is 1. The molecular formula is C11H17NO4. The van der Waals surface area contributed by atoms with Crippen molar-refractivity contribution < 1.29 is 19.0 Å². The van der Waals surface area contributed by atoms with E-state index in [-0.39, 0.29) is 30.6 Å². The van der Waals surface area contributed by atoms with Crippen molar-refractivity contribution in [2.24, 2.45) is 0 Å². The molecule has 4 atom stereocenters. The average Bonchev–Trinajstić information content (AvgIpc) is 2.28. The van der Waals surface area contributed by atoms with Crippen molar-refractivity contribution in [1.82, 2.24) is 4.90 Å². The van der Waals surface area contributed by atoms with Crippen molar-refractivity contribution in [1.29, 1.82) is 0 Å². The molecule has 90 valence electrons. The molecule has 1 amide bonds. The fourth-order valence-corrected chi connectivity index (χ4v) is 2.62. The normalized spacial score (nSPS) is 42.3. The molecule has 0 bridgehead atoms. The van der Waals surface area contributed by atoms with Crippen molar-refractivity contribution in [3.05, 3.63) is 0 Å². The Bertz CT molecular complexity index is 296. The maximum absolute atomic E-state index is 11.3. The lowest BCUT2D eigenvalue weighted by Crippen LogP contribution is -2.65. The first kappa shape index (κ1) is 10.5. The summed E-state index contributed by atoms with van der Waals surface area (Å²) in [6, 6.07) is 0. The molecule has 3 heterocycles. The fraction of sp³-hybridized carbons (Fsp3) is 0.909. The second-order valence-electron chi connectivity index (χ2n) is 4.52. The van der Waals surface area contributed by atoms with Crippen LogP contribution in [-0.2, 0) is 19.0 Å². The average molecular weight is 227 g/mol. The molecule has 0 N–H and O–H groups in total. The van der Waals surface area contributed by atoms with Crippen LogP contribution in [0.1, 0.15) is 26.2 Å². The first-order chi connectivity index (χ1) is 7.78. The van der Waals surface area contributed by atoms with Crippen LogP contribution in [0.15, 0.2) is 0 Å². The van der Waals surface area contributed by atoms with Crippen molar-refractivity contribution in [2.75, 3.05) is 13.2 Å². The molecule has 0 radical (unpaired) electrons. The third-order valence-corrected chi connectivity index (χ3v) is 3.51. The van der Waals surface area contributed by atoms with E-state index in [1.807, 2.05) is 6.92 Å². The minimum Gasteiger partial charge on any atom is -0.353 e. The number of amides is 1. The maximum atomic E-state index is 11.3. The van der Waals surface area contributed by atoms with E-state index in [0.29, 0.717) is 19.6 Å². The van der Waals surface area contributed by atoms with Gasteiger partial charge in [-0.05, 0) is 13.3 Å². The summed E-state index contributed by atoms with van der Waals surface area (Å²) in [4.78, 5) is 13.1. The second-order valence-corrected chi connectivity index (χ2v) is 4.52. The van der Waals surface area contributed by atoms with Gasteiger partial charge in [-0.3, -0.25) is 4.79 Å². The van der Waals surface area contributed by atoms with E-state index in [1.165, 1.54) is 0 Å². The minimum atomic E-state index is -0.122. The SMILES string of the molecule is CCO[C@H]1CC[C@@H]2O[C@@H]3CC(=O)N3C[C@H]2O1. The molecule has 0 unspecified atom stereocenters. The number of β-lactam (4-membered cyclic amide) rings is 1. The molecule has 0 saturated carbocycles. The van der Waals surface area contributed by atoms with Crippen molar-refractivity contribution in [3.8, 4) is 0 Å². The number of rotatable bonds is 2. The molecule has 0 aromatic rings. The van der Waals surface area contributed by atoms with Crippen LogP contribution in [0.25, 0.3) is 0 Å². The molecule has 0 aromatic carbocycles. The zero-order valence-electron chi connectivity index (χ0n) is 9.43. The smallest absolute Gasteiger partial charge is 0.229 e. The van der Waals surface area contributed by atoms with E-state index in [1.54, 1.807) is 4.90 Å². The summed E-state index contributed by atoms with van der Waals surface area (Å²) in [5, 5.41) is 0. The Morgan fingerprint density at radius 1 is 1.38 bits per heavy atom. The van der Waals surface area contributed by atoms with Crippen LogP contribution < -0.4 is 0 Å². The van der Waals surface area contributed by atoms with Crippen LogP contribution in [0.2, 0.25) is 0 Å². The van der Waals surface area contributed by atoms with Gasteiger partial charge in [-0.2, -0.15) is 0 Å². The van der Waals surface area contributed by atoms with Crippen molar-refractivity contribution in [2.45, 2.75) is 50.9 Å². The van der Waals surface area contributed by atoms with Gasteiger partial charge < -0.3 is 19.1 Å². The molecule has 5 nitrogen and oxygen atoms in total. The van der Waals surface area contributed by atoms with E-state index >= 15 is 0 Å². The molecule has 3 aliphatic heterocycles. The third kappa shape index (κ3) is 1.63. The Kier molecular flexibility index (Phi) is 2.61.